The molecule has 0 unspecified atom stereocenters. The number of aliphatic hydroxyl groups excluding tert-OH is 1. The topological polar surface area (TPSA) is 161 Å². The summed E-state index contributed by atoms with van der Waals surface area (Å²) in [5, 5.41) is 15.9. The zero-order chi connectivity index (χ0) is 22.1. The molecular formula is C19H24N8O4. The summed E-state index contributed by atoms with van der Waals surface area (Å²) in [6, 6.07) is -0.0617. The van der Waals surface area contributed by atoms with E-state index in [1.165, 1.54) is 22.8 Å². The highest BCUT2D eigenvalue weighted by Gasteiger charge is 2.41. The third-order valence-electron chi connectivity index (χ3n) is 5.10. The highest BCUT2D eigenvalue weighted by atomic mass is 16.5. The Labute approximate surface area is 178 Å². The lowest BCUT2D eigenvalue weighted by atomic mass is 10.2. The number of carbonyl (C=O) groups excluding carboxylic acids is 2. The minimum atomic E-state index is -0.917. The molecule has 3 atom stereocenters. The van der Waals surface area contributed by atoms with Crippen LogP contribution in [0.5, 0.6) is 0 Å². The molecule has 1 saturated heterocycles. The monoisotopic (exact) mass is 428 g/mol. The van der Waals surface area contributed by atoms with Crippen molar-refractivity contribution >= 4 is 28.9 Å². The molecule has 2 fully saturated rings. The fourth-order valence-electron chi connectivity index (χ4n) is 3.27. The molecule has 4 rings (SSSR count). The first-order valence-electron chi connectivity index (χ1n) is 9.93. The van der Waals surface area contributed by atoms with E-state index in [-0.39, 0.29) is 42.6 Å². The lowest BCUT2D eigenvalue weighted by Crippen LogP contribution is -2.35. The number of rotatable bonds is 4. The molecule has 3 heterocycles. The van der Waals surface area contributed by atoms with E-state index < -0.39 is 18.4 Å². The number of aliphatic hydroxyl groups is 1. The van der Waals surface area contributed by atoms with Crippen LogP contribution in [0.4, 0.5) is 10.6 Å². The van der Waals surface area contributed by atoms with Gasteiger partial charge in [0, 0.05) is 26.6 Å². The number of anilines is 1. The Kier molecular flexibility index (Phi) is 5.62. The van der Waals surface area contributed by atoms with Crippen molar-refractivity contribution in [3.63, 3.8) is 0 Å². The van der Waals surface area contributed by atoms with E-state index in [1.807, 2.05) is 0 Å². The molecule has 0 radical (unpaired) electrons. The first-order chi connectivity index (χ1) is 14.9. The van der Waals surface area contributed by atoms with E-state index in [0.717, 1.165) is 12.8 Å². The molecule has 31 heavy (non-hydrogen) atoms. The predicted molar refractivity (Wildman–Crippen MR) is 109 cm³/mol. The summed E-state index contributed by atoms with van der Waals surface area (Å²) in [5.41, 5.74) is 6.68. The van der Waals surface area contributed by atoms with Gasteiger partial charge in [-0.05, 0) is 18.8 Å². The number of ether oxygens (including phenoxy) is 1. The molecule has 1 aliphatic heterocycles. The first-order valence-corrected chi connectivity index (χ1v) is 9.93. The number of imidazole rings is 1. The van der Waals surface area contributed by atoms with Gasteiger partial charge in [-0.25, -0.2) is 19.7 Å². The van der Waals surface area contributed by atoms with E-state index in [4.69, 9.17) is 10.5 Å². The molecule has 164 valence electrons. The van der Waals surface area contributed by atoms with E-state index in [2.05, 4.69) is 37.4 Å². The van der Waals surface area contributed by atoms with Crippen LogP contribution in [0.15, 0.2) is 6.33 Å². The van der Waals surface area contributed by atoms with Crippen molar-refractivity contribution < 1.29 is 19.4 Å². The zero-order valence-electron chi connectivity index (χ0n) is 17.2. The Morgan fingerprint density at radius 2 is 2.19 bits per heavy atom. The lowest BCUT2D eigenvalue weighted by Gasteiger charge is -2.16. The fraction of sp³-hybridized carbons (Fsp3) is 0.526. The SMILES string of the molecule is CNC(=O)N(C)CC#Cc1nc(N)c2ncn([C@@H]3O[C@H](C(=O)NC4CC4)C[C@@H]3O)c2n1. The van der Waals surface area contributed by atoms with E-state index in [9.17, 15) is 14.7 Å². The van der Waals surface area contributed by atoms with Gasteiger partial charge in [-0.3, -0.25) is 9.36 Å². The second-order valence-electron chi connectivity index (χ2n) is 7.57. The number of aromatic nitrogens is 4. The van der Waals surface area contributed by atoms with Gasteiger partial charge in [-0.2, -0.15) is 0 Å². The minimum absolute atomic E-state index is 0.128. The van der Waals surface area contributed by atoms with E-state index in [0.29, 0.717) is 11.2 Å². The van der Waals surface area contributed by atoms with Crippen LogP contribution in [-0.4, -0.2) is 80.4 Å². The number of nitrogens with one attached hydrogen (secondary N) is 2. The normalized spacial score (nSPS) is 22.6. The smallest absolute Gasteiger partial charge is 0.317 e. The Bertz CT molecular complexity index is 1070. The number of urea groups is 1. The van der Waals surface area contributed by atoms with Crippen molar-refractivity contribution in [2.75, 3.05) is 26.4 Å². The molecule has 1 saturated carbocycles. The van der Waals surface area contributed by atoms with Crippen molar-refractivity contribution in [2.24, 2.45) is 0 Å². The van der Waals surface area contributed by atoms with Gasteiger partial charge in [-0.1, -0.05) is 5.92 Å². The first kappa shape index (κ1) is 20.8. The average Bonchev–Trinajstić information content (AvgIpc) is 3.32. The predicted octanol–water partition coefficient (Wildman–Crippen LogP) is -1.04. The Morgan fingerprint density at radius 1 is 1.42 bits per heavy atom. The van der Waals surface area contributed by atoms with Crippen molar-refractivity contribution in [3.05, 3.63) is 12.2 Å². The summed E-state index contributed by atoms with van der Waals surface area (Å²) in [7, 11) is 3.14. The molecule has 0 aromatic carbocycles. The van der Waals surface area contributed by atoms with Gasteiger partial charge in [0.15, 0.2) is 17.7 Å². The second-order valence-corrected chi connectivity index (χ2v) is 7.57. The van der Waals surface area contributed by atoms with Crippen molar-refractivity contribution in [1.29, 1.82) is 0 Å². The lowest BCUT2D eigenvalue weighted by molar-refractivity contribution is -0.134. The van der Waals surface area contributed by atoms with Crippen LogP contribution in [-0.2, 0) is 9.53 Å². The van der Waals surface area contributed by atoms with Crippen LogP contribution >= 0.6 is 0 Å². The number of hydrogen-bond acceptors (Lipinski definition) is 8. The maximum atomic E-state index is 12.3. The van der Waals surface area contributed by atoms with Crippen LogP contribution in [0.2, 0.25) is 0 Å². The third kappa shape index (κ3) is 4.37. The van der Waals surface area contributed by atoms with Gasteiger partial charge in [0.05, 0.1) is 12.9 Å². The van der Waals surface area contributed by atoms with Gasteiger partial charge in [0.2, 0.25) is 11.7 Å². The quantitative estimate of drug-likeness (QED) is 0.449. The van der Waals surface area contributed by atoms with Crippen LogP contribution in [0.1, 0.15) is 31.3 Å². The molecule has 1 aliphatic carbocycles. The molecule has 2 aromatic rings. The number of amides is 3. The highest BCUT2D eigenvalue weighted by molar-refractivity contribution is 5.83. The Balaban J connectivity index is 1.55. The zero-order valence-corrected chi connectivity index (χ0v) is 17.2. The van der Waals surface area contributed by atoms with Gasteiger partial charge in [0.1, 0.15) is 17.7 Å². The molecule has 0 spiro atoms. The highest BCUT2D eigenvalue weighted by Crippen LogP contribution is 2.32. The number of hydrogen-bond donors (Lipinski definition) is 4. The van der Waals surface area contributed by atoms with Gasteiger partial charge >= 0.3 is 6.03 Å². The maximum absolute atomic E-state index is 12.3. The van der Waals surface area contributed by atoms with Crippen LogP contribution < -0.4 is 16.4 Å². The van der Waals surface area contributed by atoms with Crippen LogP contribution in [0.3, 0.4) is 0 Å². The maximum Gasteiger partial charge on any atom is 0.317 e. The van der Waals surface area contributed by atoms with Gasteiger partial charge in [-0.15, -0.1) is 0 Å². The minimum Gasteiger partial charge on any atom is -0.388 e. The number of nitrogens with two attached hydrogens (primary N) is 1. The third-order valence-corrected chi connectivity index (χ3v) is 5.10. The summed E-state index contributed by atoms with van der Waals surface area (Å²) in [5.74, 6) is 5.64. The molecular weight excluding hydrogens is 404 g/mol. The van der Waals surface area contributed by atoms with Crippen molar-refractivity contribution in [2.45, 2.75) is 43.7 Å². The second kappa shape index (κ2) is 8.37. The largest absolute Gasteiger partial charge is 0.388 e. The average molecular weight is 428 g/mol. The standard InChI is InChI=1S/C19H24N8O4/c1-21-19(30)26(2)7-3-4-13-24-15(20)14-16(25-13)27(9-22-14)18-11(28)8-12(31-18)17(29)23-10-5-6-10/h9-12,18,28H,5-8H2,1-2H3,(H,21,30)(H,23,29)(H2,20,24,25)/t11-,12-,18+/m0/s1. The molecule has 5 N–H and O–H groups in total. The summed E-state index contributed by atoms with van der Waals surface area (Å²) in [6.45, 7) is 0.169. The molecule has 2 aromatic heterocycles. The number of carbonyl (C=O) groups is 2. The van der Waals surface area contributed by atoms with E-state index >= 15 is 0 Å². The summed E-state index contributed by atoms with van der Waals surface area (Å²) >= 11 is 0. The fourth-order valence-corrected chi connectivity index (χ4v) is 3.27. The van der Waals surface area contributed by atoms with Crippen molar-refractivity contribution in [1.82, 2.24) is 35.1 Å². The number of fused-ring (bicyclic) bond motifs is 1. The molecule has 12 heteroatoms. The van der Waals surface area contributed by atoms with Crippen molar-refractivity contribution in [3.8, 4) is 11.8 Å². The number of nitrogens with zero attached hydrogens (tertiary/aromatic N) is 5. The Hall–Kier alpha value is -3.43. The van der Waals surface area contributed by atoms with Crippen LogP contribution in [0.25, 0.3) is 11.2 Å². The van der Waals surface area contributed by atoms with Gasteiger partial charge < -0.3 is 31.1 Å². The molecule has 3 amide bonds. The number of nitrogen functional groups attached to an aromatic ring is 1. The summed E-state index contributed by atoms with van der Waals surface area (Å²) in [4.78, 5) is 38.0. The Morgan fingerprint density at radius 3 is 2.90 bits per heavy atom. The molecule has 2 aliphatic rings. The summed E-state index contributed by atoms with van der Waals surface area (Å²) in [6.07, 6.45) is 1.04. The van der Waals surface area contributed by atoms with Gasteiger partial charge in [0.25, 0.3) is 0 Å². The van der Waals surface area contributed by atoms with Crippen LogP contribution in [0, 0.1) is 11.8 Å². The summed E-state index contributed by atoms with van der Waals surface area (Å²) < 4.78 is 7.35. The molecule has 12 nitrogen and oxygen atoms in total. The molecule has 0 bridgehead atoms. The van der Waals surface area contributed by atoms with E-state index in [1.54, 1.807) is 7.05 Å².